The first-order valence-electron chi connectivity index (χ1n) is 10.6. The van der Waals surface area contributed by atoms with Crippen molar-refractivity contribution < 1.29 is 43.3 Å². The molecule has 0 saturated heterocycles. The summed E-state index contributed by atoms with van der Waals surface area (Å²) in [5, 5.41) is 2.98. The molecule has 5 nitrogen and oxygen atoms in total. The average Bonchev–Trinajstić information content (AvgIpc) is 3.59. The van der Waals surface area contributed by atoms with Crippen LogP contribution in [0.4, 0.5) is 27.6 Å². The van der Waals surface area contributed by atoms with Gasteiger partial charge in [0.15, 0.2) is 23.6 Å². The van der Waals surface area contributed by atoms with Crippen molar-refractivity contribution in [2.75, 3.05) is 11.9 Å². The highest BCUT2D eigenvalue weighted by Gasteiger charge is 2.35. The van der Waals surface area contributed by atoms with Crippen LogP contribution in [0.1, 0.15) is 23.5 Å². The van der Waals surface area contributed by atoms with Crippen LogP contribution >= 0.6 is 34.4 Å². The van der Waals surface area contributed by atoms with Crippen molar-refractivity contribution in [1.82, 2.24) is 4.57 Å². The number of aromatic nitrogens is 2. The lowest BCUT2D eigenvalue weighted by Crippen LogP contribution is -3.00. The van der Waals surface area contributed by atoms with Gasteiger partial charge in [-0.25, -0.2) is 8.78 Å². The van der Waals surface area contributed by atoms with Crippen molar-refractivity contribution in [2.45, 2.75) is 31.1 Å². The fraction of sp³-hybridized carbons (Fsp3) is 0.217. The summed E-state index contributed by atoms with van der Waals surface area (Å²) in [5.41, 5.74) is 0.212. The van der Waals surface area contributed by atoms with Gasteiger partial charge in [0.05, 0.1) is 22.0 Å². The molecule has 0 atom stereocenters. The fourth-order valence-electron chi connectivity index (χ4n) is 3.78. The number of anilines is 1. The molecule has 0 N–H and O–H groups in total. The van der Waals surface area contributed by atoms with Gasteiger partial charge >= 0.3 is 6.18 Å². The third kappa shape index (κ3) is 4.97. The average molecular weight is 594 g/mol. The summed E-state index contributed by atoms with van der Waals surface area (Å²) in [6.07, 6.45) is -1.06. The number of thiazole rings is 2. The minimum atomic E-state index is -4.56. The molecule has 0 fully saturated rings. The summed E-state index contributed by atoms with van der Waals surface area (Å²) >= 11 is 3.58. The fourth-order valence-corrected chi connectivity index (χ4v) is 7.12. The van der Waals surface area contributed by atoms with Crippen LogP contribution in [0, 0.1) is 11.6 Å². The number of hydrogen-bond acceptors (Lipinski definition) is 6. The predicted molar refractivity (Wildman–Crippen MR) is 128 cm³/mol. The van der Waals surface area contributed by atoms with Gasteiger partial charge in [0.2, 0.25) is 12.3 Å². The first kappa shape index (κ1) is 27.4. The molecule has 0 spiro atoms. The molecule has 1 aliphatic rings. The third-order valence-corrected chi connectivity index (χ3v) is 8.91. The van der Waals surface area contributed by atoms with Gasteiger partial charge in [-0.05, 0) is 31.2 Å². The number of halogens is 6. The highest BCUT2D eigenvalue weighted by Crippen LogP contribution is 2.47. The van der Waals surface area contributed by atoms with Crippen LogP contribution in [0.5, 0.6) is 0 Å². The van der Waals surface area contributed by atoms with Crippen LogP contribution in [0.3, 0.4) is 0 Å². The Morgan fingerprint density at radius 1 is 1.16 bits per heavy atom. The molecule has 5 rings (SSSR count). The minimum Gasteiger partial charge on any atom is -1.00 e. The van der Waals surface area contributed by atoms with E-state index >= 15 is 0 Å². The van der Waals surface area contributed by atoms with E-state index in [0.29, 0.717) is 31.5 Å². The second-order valence-corrected chi connectivity index (χ2v) is 10.7. The Hall–Kier alpha value is -2.61. The Kier molecular flexibility index (Phi) is 7.62. The largest absolute Gasteiger partial charge is 1.00 e. The Morgan fingerprint density at radius 2 is 1.92 bits per heavy atom. The molecule has 37 heavy (non-hydrogen) atoms. The van der Waals surface area contributed by atoms with E-state index in [4.69, 9.17) is 4.42 Å². The lowest BCUT2D eigenvalue weighted by molar-refractivity contribution is -0.686. The summed E-state index contributed by atoms with van der Waals surface area (Å²) in [7, 11) is 1.69. The molecule has 0 aliphatic carbocycles. The van der Waals surface area contributed by atoms with Crippen LogP contribution in [0.15, 0.2) is 49.9 Å². The molecule has 1 aliphatic heterocycles. The first-order chi connectivity index (χ1) is 17.1. The van der Waals surface area contributed by atoms with Crippen LogP contribution in [-0.4, -0.2) is 11.6 Å². The van der Waals surface area contributed by atoms with E-state index < -0.39 is 23.6 Å². The van der Waals surface area contributed by atoms with E-state index in [1.807, 2.05) is 6.92 Å². The number of thioether (sulfide) groups is 1. The number of benzene rings is 1. The molecule has 0 radical (unpaired) electrons. The van der Waals surface area contributed by atoms with Gasteiger partial charge in [0.25, 0.3) is 10.6 Å². The van der Waals surface area contributed by atoms with Crippen molar-refractivity contribution in [3.05, 3.63) is 83.6 Å². The highest BCUT2D eigenvalue weighted by molar-refractivity contribution is 8.08. The SMILES string of the molecule is CCn1c(=O)/c(=C2\Sc3c(ccc(F)c3F)N2C)s/c1=C\c1scc[n+]1Cc1ccc(C(F)(F)F)o1.[Cl-]. The van der Waals surface area contributed by atoms with Crippen molar-refractivity contribution in [3.8, 4) is 0 Å². The van der Waals surface area contributed by atoms with Gasteiger partial charge in [-0.15, -0.1) is 11.3 Å². The van der Waals surface area contributed by atoms with Gasteiger partial charge in [0, 0.05) is 13.6 Å². The summed E-state index contributed by atoms with van der Waals surface area (Å²) in [4.78, 5) is 15.1. The van der Waals surface area contributed by atoms with Crippen molar-refractivity contribution >= 4 is 51.2 Å². The smallest absolute Gasteiger partial charge is 0.449 e. The topological polar surface area (TPSA) is 42.3 Å². The molecule has 0 bridgehead atoms. The van der Waals surface area contributed by atoms with Crippen molar-refractivity contribution in [3.63, 3.8) is 0 Å². The molecule has 196 valence electrons. The number of hydrogen-bond donors (Lipinski definition) is 0. The number of nitrogens with zero attached hydrogens (tertiary/aromatic N) is 3. The van der Waals surface area contributed by atoms with E-state index in [9.17, 15) is 26.7 Å². The molecule has 1 aromatic carbocycles. The summed E-state index contributed by atoms with van der Waals surface area (Å²) in [6, 6.07) is 4.70. The Morgan fingerprint density at radius 3 is 2.59 bits per heavy atom. The zero-order valence-corrected chi connectivity index (χ0v) is 22.3. The zero-order chi connectivity index (χ0) is 25.8. The van der Waals surface area contributed by atoms with Gasteiger partial charge in [-0.2, -0.15) is 17.7 Å². The maximum Gasteiger partial charge on any atom is 0.449 e. The molecule has 14 heteroatoms. The van der Waals surface area contributed by atoms with Crippen molar-refractivity contribution in [1.29, 1.82) is 0 Å². The van der Waals surface area contributed by atoms with Crippen LogP contribution in [0.25, 0.3) is 11.1 Å². The normalized spacial score (nSPS) is 15.3. The van der Waals surface area contributed by atoms with E-state index in [-0.39, 0.29) is 35.2 Å². The second-order valence-electron chi connectivity index (χ2n) is 7.77. The molecule has 0 unspecified atom stereocenters. The van der Waals surface area contributed by atoms with E-state index in [2.05, 4.69) is 0 Å². The maximum atomic E-state index is 14.4. The molecule has 4 heterocycles. The first-order valence-corrected chi connectivity index (χ1v) is 13.1. The quantitative estimate of drug-likeness (QED) is 0.265. The number of fused-ring (bicyclic) bond motifs is 1. The number of rotatable bonds is 4. The van der Waals surface area contributed by atoms with E-state index in [1.165, 1.54) is 34.8 Å². The van der Waals surface area contributed by atoms with Crippen molar-refractivity contribution in [2.24, 2.45) is 0 Å². The maximum absolute atomic E-state index is 14.4. The molecular weight excluding hydrogens is 577 g/mol. The number of alkyl halides is 3. The Bertz CT molecular complexity index is 1650. The Balaban J connectivity index is 0.00000320. The van der Waals surface area contributed by atoms with E-state index in [0.717, 1.165) is 23.9 Å². The molecule has 4 aromatic rings. The zero-order valence-electron chi connectivity index (χ0n) is 19.1. The lowest BCUT2D eigenvalue weighted by Gasteiger charge is -2.12. The van der Waals surface area contributed by atoms with Gasteiger partial charge in [-0.3, -0.25) is 9.36 Å². The van der Waals surface area contributed by atoms with Gasteiger partial charge in [0.1, 0.15) is 14.2 Å². The Labute approximate surface area is 225 Å². The second kappa shape index (κ2) is 10.3. The lowest BCUT2D eigenvalue weighted by atomic mass is 10.3. The summed E-state index contributed by atoms with van der Waals surface area (Å²) in [5.74, 6) is -2.83. The minimum absolute atomic E-state index is 0. The summed E-state index contributed by atoms with van der Waals surface area (Å²) < 4.78 is 76.0. The predicted octanol–water partition coefficient (Wildman–Crippen LogP) is 1.36. The molecular formula is C23H17ClF5N3O2S3. The standard InChI is InChI=1S/C23H17F5N3O2S3.ClH/c1-3-31-17(10-16-30(8-9-34-16)11-12-4-7-15(33-12)23(26,27)28)35-20(21(31)32)22-29(2)14-6-5-13(24)18(25)19(14)36-22;/h4-10H,3,11H2,1-2H3;1H/q+1;/p-1/b22-20+;. The van der Waals surface area contributed by atoms with Crippen LogP contribution in [0.2, 0.25) is 0 Å². The van der Waals surface area contributed by atoms with Crippen LogP contribution in [-0.2, 0) is 19.3 Å². The van der Waals surface area contributed by atoms with E-state index in [1.54, 1.807) is 38.7 Å². The molecule has 0 amide bonds. The highest BCUT2D eigenvalue weighted by atomic mass is 35.5. The molecule has 0 saturated carbocycles. The van der Waals surface area contributed by atoms with Gasteiger partial charge < -0.3 is 21.7 Å². The monoisotopic (exact) mass is 593 g/mol. The number of furan rings is 1. The summed E-state index contributed by atoms with van der Waals surface area (Å²) in [6.45, 7) is 2.27. The van der Waals surface area contributed by atoms with Crippen LogP contribution < -0.4 is 36.6 Å². The third-order valence-electron chi connectivity index (χ3n) is 5.54. The molecule has 3 aromatic heterocycles. The van der Waals surface area contributed by atoms with Gasteiger partial charge in [-0.1, -0.05) is 23.1 Å².